The van der Waals surface area contributed by atoms with Crippen molar-refractivity contribution >= 4 is 55.7 Å². The molecule has 27 heavy (non-hydrogen) atoms. The summed E-state index contributed by atoms with van der Waals surface area (Å²) in [7, 11) is 0. The third kappa shape index (κ3) is 3.80. The van der Waals surface area contributed by atoms with E-state index in [0.717, 1.165) is 16.0 Å². The van der Waals surface area contributed by atoms with Gasteiger partial charge in [0.2, 0.25) is 5.91 Å². The second-order valence-corrected chi connectivity index (χ2v) is 8.69. The molecule has 1 amide bonds. The summed E-state index contributed by atoms with van der Waals surface area (Å²) in [6.45, 7) is 1.99. The van der Waals surface area contributed by atoms with Gasteiger partial charge in [-0.3, -0.25) is 9.59 Å². The van der Waals surface area contributed by atoms with Crippen molar-refractivity contribution < 1.29 is 4.79 Å². The topological polar surface area (TPSA) is 87.7 Å². The first-order valence-electron chi connectivity index (χ1n) is 8.03. The SMILES string of the molecule is Cc1sc2nc(SCC(=O)Nc3nccs3)[nH]c(=O)c2c1-c1ccccc1. The number of carbonyl (C=O) groups is 1. The fourth-order valence-electron chi connectivity index (χ4n) is 2.69. The van der Waals surface area contributed by atoms with Gasteiger partial charge in [0.1, 0.15) is 4.83 Å². The van der Waals surface area contributed by atoms with E-state index in [1.54, 1.807) is 11.6 Å². The van der Waals surface area contributed by atoms with Gasteiger partial charge in [-0.15, -0.1) is 22.7 Å². The number of anilines is 1. The number of aromatic amines is 1. The molecule has 0 fully saturated rings. The third-order valence-corrected chi connectivity index (χ3v) is 6.36. The van der Waals surface area contributed by atoms with Crippen LogP contribution in [-0.4, -0.2) is 26.6 Å². The van der Waals surface area contributed by atoms with Crippen LogP contribution in [0.3, 0.4) is 0 Å². The Kier molecular flexibility index (Phi) is 5.06. The molecular formula is C18H14N4O2S3. The molecule has 0 aliphatic rings. The average molecular weight is 415 g/mol. The zero-order valence-corrected chi connectivity index (χ0v) is 16.6. The quantitative estimate of drug-likeness (QED) is 0.378. The summed E-state index contributed by atoms with van der Waals surface area (Å²) >= 11 is 4.04. The van der Waals surface area contributed by atoms with Gasteiger partial charge in [0.05, 0.1) is 11.1 Å². The number of rotatable bonds is 5. The smallest absolute Gasteiger partial charge is 0.260 e. The highest BCUT2D eigenvalue weighted by Crippen LogP contribution is 2.35. The van der Waals surface area contributed by atoms with Crippen LogP contribution in [-0.2, 0) is 4.79 Å². The van der Waals surface area contributed by atoms with Crippen molar-refractivity contribution in [2.75, 3.05) is 11.1 Å². The number of amides is 1. The lowest BCUT2D eigenvalue weighted by Gasteiger charge is -2.03. The van der Waals surface area contributed by atoms with E-state index in [-0.39, 0.29) is 17.2 Å². The lowest BCUT2D eigenvalue weighted by Crippen LogP contribution is -2.15. The van der Waals surface area contributed by atoms with Gasteiger partial charge in [0.25, 0.3) is 5.56 Å². The van der Waals surface area contributed by atoms with Crippen LogP contribution in [0.2, 0.25) is 0 Å². The summed E-state index contributed by atoms with van der Waals surface area (Å²) in [6, 6.07) is 9.82. The Morgan fingerprint density at radius 3 is 2.85 bits per heavy atom. The van der Waals surface area contributed by atoms with Crippen molar-refractivity contribution in [3.8, 4) is 11.1 Å². The van der Waals surface area contributed by atoms with E-state index in [9.17, 15) is 9.59 Å². The standard InChI is InChI=1S/C18H14N4O2S3/c1-10-13(11-5-3-2-4-6-11)14-15(24)21-18(22-16(14)27-10)26-9-12(23)20-17-19-7-8-25-17/h2-8H,9H2,1H3,(H,19,20,23)(H,21,22,24). The first-order valence-corrected chi connectivity index (χ1v) is 10.7. The Bertz CT molecular complexity index is 1150. The van der Waals surface area contributed by atoms with Crippen molar-refractivity contribution in [3.63, 3.8) is 0 Å². The van der Waals surface area contributed by atoms with Crippen LogP contribution >= 0.6 is 34.4 Å². The minimum absolute atomic E-state index is 0.143. The number of aryl methyl sites for hydroxylation is 1. The fourth-order valence-corrected chi connectivity index (χ4v) is 5.00. The van der Waals surface area contributed by atoms with Crippen LogP contribution in [0.4, 0.5) is 5.13 Å². The van der Waals surface area contributed by atoms with Gasteiger partial charge in [-0.25, -0.2) is 9.97 Å². The molecule has 0 saturated carbocycles. The highest BCUT2D eigenvalue weighted by Gasteiger charge is 2.17. The lowest BCUT2D eigenvalue weighted by molar-refractivity contribution is -0.113. The number of hydrogen-bond acceptors (Lipinski definition) is 7. The number of nitrogens with zero attached hydrogens (tertiary/aromatic N) is 2. The molecule has 0 bridgehead atoms. The van der Waals surface area contributed by atoms with Crippen molar-refractivity contribution in [2.45, 2.75) is 12.1 Å². The first-order chi connectivity index (χ1) is 13.1. The number of benzene rings is 1. The van der Waals surface area contributed by atoms with E-state index >= 15 is 0 Å². The van der Waals surface area contributed by atoms with Gasteiger partial charge in [0, 0.05) is 22.0 Å². The van der Waals surface area contributed by atoms with E-state index in [2.05, 4.69) is 20.3 Å². The molecule has 6 nitrogen and oxygen atoms in total. The Hall–Kier alpha value is -2.49. The third-order valence-electron chi connectivity index (χ3n) is 3.80. The van der Waals surface area contributed by atoms with Gasteiger partial charge in [-0.2, -0.15) is 0 Å². The van der Waals surface area contributed by atoms with Gasteiger partial charge < -0.3 is 10.3 Å². The normalized spacial score (nSPS) is 11.0. The van der Waals surface area contributed by atoms with E-state index in [1.807, 2.05) is 37.3 Å². The van der Waals surface area contributed by atoms with Crippen molar-refractivity contribution in [2.24, 2.45) is 0 Å². The van der Waals surface area contributed by atoms with Gasteiger partial charge in [-0.1, -0.05) is 42.1 Å². The molecule has 0 aliphatic carbocycles. The van der Waals surface area contributed by atoms with E-state index in [0.29, 0.717) is 20.5 Å². The van der Waals surface area contributed by atoms with Crippen molar-refractivity contribution in [1.29, 1.82) is 0 Å². The maximum atomic E-state index is 12.7. The molecule has 0 radical (unpaired) electrons. The molecule has 1 aromatic carbocycles. The summed E-state index contributed by atoms with van der Waals surface area (Å²) in [6.07, 6.45) is 1.63. The molecule has 3 aromatic heterocycles. The zero-order chi connectivity index (χ0) is 18.8. The summed E-state index contributed by atoms with van der Waals surface area (Å²) in [5.41, 5.74) is 1.73. The van der Waals surface area contributed by atoms with Crippen LogP contribution in [0.5, 0.6) is 0 Å². The number of carbonyl (C=O) groups excluding carboxylic acids is 1. The Labute approximate surface area is 166 Å². The minimum atomic E-state index is -0.190. The van der Waals surface area contributed by atoms with E-state index in [1.165, 1.54) is 34.4 Å². The summed E-state index contributed by atoms with van der Waals surface area (Å²) in [5.74, 6) is -0.0470. The molecule has 2 N–H and O–H groups in total. The number of H-pyrrole nitrogens is 1. The van der Waals surface area contributed by atoms with Gasteiger partial charge >= 0.3 is 0 Å². The molecule has 0 aliphatic heterocycles. The van der Waals surface area contributed by atoms with E-state index in [4.69, 9.17) is 0 Å². The maximum Gasteiger partial charge on any atom is 0.260 e. The first kappa shape index (κ1) is 17.9. The Morgan fingerprint density at radius 1 is 1.30 bits per heavy atom. The van der Waals surface area contributed by atoms with Crippen LogP contribution in [0.25, 0.3) is 21.3 Å². The predicted molar refractivity (Wildman–Crippen MR) is 112 cm³/mol. The largest absolute Gasteiger partial charge is 0.301 e. The molecule has 3 heterocycles. The summed E-state index contributed by atoms with van der Waals surface area (Å²) in [4.78, 5) is 37.8. The molecular weight excluding hydrogens is 400 g/mol. The van der Waals surface area contributed by atoms with Crippen LogP contribution in [0.1, 0.15) is 4.88 Å². The molecule has 0 saturated heterocycles. The maximum absolute atomic E-state index is 12.7. The van der Waals surface area contributed by atoms with Crippen LogP contribution < -0.4 is 10.9 Å². The summed E-state index contributed by atoms with van der Waals surface area (Å²) in [5, 5.41) is 6.08. The number of thiazole rings is 1. The molecule has 4 aromatic rings. The van der Waals surface area contributed by atoms with E-state index < -0.39 is 0 Å². The van der Waals surface area contributed by atoms with Crippen LogP contribution in [0.15, 0.2) is 51.9 Å². The number of nitrogens with one attached hydrogen (secondary N) is 2. The van der Waals surface area contributed by atoms with Gasteiger partial charge in [-0.05, 0) is 12.5 Å². The highest BCUT2D eigenvalue weighted by atomic mass is 32.2. The minimum Gasteiger partial charge on any atom is -0.301 e. The molecule has 9 heteroatoms. The average Bonchev–Trinajstić information content (AvgIpc) is 3.28. The Morgan fingerprint density at radius 2 is 2.11 bits per heavy atom. The number of thioether (sulfide) groups is 1. The lowest BCUT2D eigenvalue weighted by atomic mass is 10.0. The molecule has 4 rings (SSSR count). The molecule has 0 unspecified atom stereocenters. The second kappa shape index (κ2) is 7.63. The number of aromatic nitrogens is 3. The molecule has 0 spiro atoms. The molecule has 0 atom stereocenters. The van der Waals surface area contributed by atoms with Crippen molar-refractivity contribution in [1.82, 2.24) is 15.0 Å². The Balaban J connectivity index is 1.59. The molecule has 136 valence electrons. The fraction of sp³-hybridized carbons (Fsp3) is 0.111. The zero-order valence-electron chi connectivity index (χ0n) is 14.2. The van der Waals surface area contributed by atoms with Gasteiger partial charge in [0.15, 0.2) is 10.3 Å². The van der Waals surface area contributed by atoms with Crippen LogP contribution in [0, 0.1) is 6.92 Å². The highest BCUT2D eigenvalue weighted by molar-refractivity contribution is 7.99. The second-order valence-electron chi connectivity index (χ2n) is 5.62. The van der Waals surface area contributed by atoms with Crippen molar-refractivity contribution in [3.05, 3.63) is 57.1 Å². The monoisotopic (exact) mass is 414 g/mol. The summed E-state index contributed by atoms with van der Waals surface area (Å²) < 4.78 is 0. The number of fused-ring (bicyclic) bond motifs is 1. The number of thiophene rings is 1. The predicted octanol–water partition coefficient (Wildman–Crippen LogP) is 4.15. The number of hydrogen-bond donors (Lipinski definition) is 2.